The summed E-state index contributed by atoms with van der Waals surface area (Å²) in [4.78, 5) is 22.7. The van der Waals surface area contributed by atoms with E-state index < -0.39 is 18.0 Å². The molecule has 2 amide bonds. The highest BCUT2D eigenvalue weighted by Gasteiger charge is 2.25. The number of carbonyl (C=O) groups excluding carboxylic acids is 1. The van der Waals surface area contributed by atoms with Crippen molar-refractivity contribution < 1.29 is 14.7 Å². The fourth-order valence-electron chi connectivity index (χ4n) is 1.47. The van der Waals surface area contributed by atoms with E-state index in [2.05, 4.69) is 20.8 Å². The van der Waals surface area contributed by atoms with Crippen LogP contribution in [0.4, 0.5) is 4.79 Å². The smallest absolute Gasteiger partial charge is 0.326 e. The van der Waals surface area contributed by atoms with Gasteiger partial charge in [-0.25, -0.2) is 9.59 Å². The number of carboxylic acid groups (broad SMARTS) is 1. The first-order valence-electron chi connectivity index (χ1n) is 6.08. The van der Waals surface area contributed by atoms with Gasteiger partial charge in [-0.2, -0.15) is 10.2 Å². The van der Waals surface area contributed by atoms with Crippen molar-refractivity contribution in [3.05, 3.63) is 24.0 Å². The summed E-state index contributed by atoms with van der Waals surface area (Å²) >= 11 is 0. The summed E-state index contributed by atoms with van der Waals surface area (Å²) in [5.41, 5.74) is 0.605. The van der Waals surface area contributed by atoms with E-state index in [1.165, 1.54) is 6.20 Å². The zero-order valence-electron chi connectivity index (χ0n) is 11.0. The molecule has 0 saturated heterocycles. The van der Waals surface area contributed by atoms with Gasteiger partial charge in [0, 0.05) is 6.20 Å². The van der Waals surface area contributed by atoms with Crippen molar-refractivity contribution in [1.29, 1.82) is 0 Å². The second kappa shape index (κ2) is 7.30. The van der Waals surface area contributed by atoms with Crippen LogP contribution in [0.5, 0.6) is 0 Å². The van der Waals surface area contributed by atoms with E-state index in [0.717, 1.165) is 0 Å². The summed E-state index contributed by atoms with van der Waals surface area (Å²) in [7, 11) is 0. The van der Waals surface area contributed by atoms with Gasteiger partial charge in [0.25, 0.3) is 0 Å². The predicted octanol–water partition coefficient (Wildman–Crippen LogP) is 0.775. The molecule has 0 radical (unpaired) electrons. The Morgan fingerprint density at radius 3 is 2.74 bits per heavy atom. The molecule has 0 aromatic carbocycles. The fourth-order valence-corrected chi connectivity index (χ4v) is 1.47. The summed E-state index contributed by atoms with van der Waals surface area (Å²) < 4.78 is 0. The van der Waals surface area contributed by atoms with Crippen LogP contribution in [0.3, 0.4) is 0 Å². The summed E-state index contributed by atoms with van der Waals surface area (Å²) in [5.74, 6) is -1.18. The number of aliphatic carboxylic acids is 1. The van der Waals surface area contributed by atoms with Crippen molar-refractivity contribution in [3.63, 3.8) is 0 Å². The van der Waals surface area contributed by atoms with Crippen molar-refractivity contribution in [2.75, 3.05) is 0 Å². The molecule has 0 aliphatic heterocycles. The molecule has 0 fully saturated rings. The average molecular weight is 266 g/mol. The van der Waals surface area contributed by atoms with Crippen LogP contribution in [0.2, 0.25) is 0 Å². The van der Waals surface area contributed by atoms with Gasteiger partial charge in [-0.05, 0) is 18.1 Å². The zero-order chi connectivity index (χ0) is 14.3. The average Bonchev–Trinajstić information content (AvgIpc) is 2.42. The molecule has 7 heteroatoms. The topological polar surface area (TPSA) is 104 Å². The Morgan fingerprint density at radius 2 is 2.21 bits per heavy atom. The molecule has 0 aliphatic rings. The van der Waals surface area contributed by atoms with Gasteiger partial charge in [0.05, 0.1) is 12.2 Å². The van der Waals surface area contributed by atoms with Gasteiger partial charge in [0.1, 0.15) is 6.04 Å². The second-order valence-corrected chi connectivity index (χ2v) is 4.24. The number of aromatic nitrogens is 2. The molecule has 0 bridgehead atoms. The van der Waals surface area contributed by atoms with Crippen LogP contribution in [-0.4, -0.2) is 33.3 Å². The van der Waals surface area contributed by atoms with E-state index in [1.807, 2.05) is 6.92 Å². The maximum atomic E-state index is 11.6. The van der Waals surface area contributed by atoms with E-state index >= 15 is 0 Å². The van der Waals surface area contributed by atoms with Crippen LogP contribution >= 0.6 is 0 Å². The molecule has 1 aromatic heterocycles. The van der Waals surface area contributed by atoms with Gasteiger partial charge < -0.3 is 15.7 Å². The maximum absolute atomic E-state index is 11.6. The normalized spacial score (nSPS) is 13.4. The molecule has 0 aliphatic carbocycles. The minimum Gasteiger partial charge on any atom is -0.480 e. The van der Waals surface area contributed by atoms with Crippen LogP contribution in [-0.2, 0) is 11.3 Å². The number of amides is 2. The molecule has 104 valence electrons. The number of nitrogens with one attached hydrogen (secondary N) is 2. The van der Waals surface area contributed by atoms with Crippen molar-refractivity contribution in [2.45, 2.75) is 32.9 Å². The lowest BCUT2D eigenvalue weighted by Crippen LogP contribution is -2.48. The van der Waals surface area contributed by atoms with E-state index in [1.54, 1.807) is 19.1 Å². The molecule has 19 heavy (non-hydrogen) atoms. The number of hydrogen-bond acceptors (Lipinski definition) is 4. The molecule has 1 rings (SSSR count). The predicted molar refractivity (Wildman–Crippen MR) is 68.3 cm³/mol. The Morgan fingerprint density at radius 1 is 1.47 bits per heavy atom. The van der Waals surface area contributed by atoms with Gasteiger partial charge in [-0.15, -0.1) is 0 Å². The minimum absolute atomic E-state index is 0.139. The third kappa shape index (κ3) is 4.90. The highest BCUT2D eigenvalue weighted by atomic mass is 16.4. The van der Waals surface area contributed by atoms with Crippen molar-refractivity contribution in [2.24, 2.45) is 5.92 Å². The van der Waals surface area contributed by atoms with Crippen LogP contribution in [0.1, 0.15) is 26.0 Å². The fraction of sp³-hybridized carbons (Fsp3) is 0.500. The molecule has 0 saturated carbocycles. The molecule has 1 heterocycles. The Bertz CT molecular complexity index is 424. The number of carbonyl (C=O) groups is 2. The third-order valence-corrected chi connectivity index (χ3v) is 2.82. The first-order chi connectivity index (χ1) is 9.04. The molecule has 7 nitrogen and oxygen atoms in total. The van der Waals surface area contributed by atoms with Crippen molar-refractivity contribution in [3.8, 4) is 0 Å². The molecular weight excluding hydrogens is 248 g/mol. The standard InChI is InChI=1S/C12H18N4O3/c1-3-8(2)10(11(17)18)15-12(19)13-7-9-5-4-6-14-16-9/h4-6,8,10H,3,7H2,1-2H3,(H,17,18)(H2,13,15,19)/t8-,10-/m0/s1. The summed E-state index contributed by atoms with van der Waals surface area (Å²) in [6.07, 6.45) is 2.20. The monoisotopic (exact) mass is 266 g/mol. The Kier molecular flexibility index (Phi) is 5.72. The third-order valence-electron chi connectivity index (χ3n) is 2.82. The Labute approximate surface area is 111 Å². The number of hydrogen-bond donors (Lipinski definition) is 3. The zero-order valence-corrected chi connectivity index (χ0v) is 11.0. The molecule has 1 aromatic rings. The largest absolute Gasteiger partial charge is 0.480 e. The lowest BCUT2D eigenvalue weighted by atomic mass is 9.99. The van der Waals surface area contributed by atoms with Crippen molar-refractivity contribution in [1.82, 2.24) is 20.8 Å². The lowest BCUT2D eigenvalue weighted by Gasteiger charge is -2.20. The number of rotatable bonds is 6. The number of nitrogens with zero attached hydrogens (tertiary/aromatic N) is 2. The highest BCUT2D eigenvalue weighted by Crippen LogP contribution is 2.07. The quantitative estimate of drug-likeness (QED) is 0.705. The molecule has 0 unspecified atom stereocenters. The van der Waals surface area contributed by atoms with E-state index in [0.29, 0.717) is 12.1 Å². The van der Waals surface area contributed by atoms with Crippen LogP contribution in [0, 0.1) is 5.92 Å². The first-order valence-corrected chi connectivity index (χ1v) is 6.08. The molecular formula is C12H18N4O3. The van der Waals surface area contributed by atoms with Gasteiger partial charge in [-0.1, -0.05) is 20.3 Å². The second-order valence-electron chi connectivity index (χ2n) is 4.24. The van der Waals surface area contributed by atoms with Crippen LogP contribution in [0.25, 0.3) is 0 Å². The highest BCUT2D eigenvalue weighted by molar-refractivity contribution is 5.82. The van der Waals surface area contributed by atoms with Gasteiger partial charge in [-0.3, -0.25) is 0 Å². The Hall–Kier alpha value is -2.18. The van der Waals surface area contributed by atoms with E-state index in [9.17, 15) is 9.59 Å². The van der Waals surface area contributed by atoms with Gasteiger partial charge >= 0.3 is 12.0 Å². The van der Waals surface area contributed by atoms with Crippen LogP contribution < -0.4 is 10.6 Å². The van der Waals surface area contributed by atoms with E-state index in [4.69, 9.17) is 5.11 Å². The number of carboxylic acids is 1. The maximum Gasteiger partial charge on any atom is 0.326 e. The summed E-state index contributed by atoms with van der Waals surface area (Å²) in [6.45, 7) is 3.86. The van der Waals surface area contributed by atoms with E-state index in [-0.39, 0.29) is 12.5 Å². The van der Waals surface area contributed by atoms with Gasteiger partial charge in [0.2, 0.25) is 0 Å². The molecule has 3 N–H and O–H groups in total. The SMILES string of the molecule is CC[C@H](C)[C@H](NC(=O)NCc1cccnn1)C(=O)O. The summed E-state index contributed by atoms with van der Waals surface area (Å²) in [5, 5.41) is 21.5. The first kappa shape index (κ1) is 14.9. The molecule has 0 spiro atoms. The lowest BCUT2D eigenvalue weighted by molar-refractivity contribution is -0.140. The Balaban J connectivity index is 2.47. The minimum atomic E-state index is -1.04. The van der Waals surface area contributed by atoms with Crippen LogP contribution in [0.15, 0.2) is 18.3 Å². The number of urea groups is 1. The summed E-state index contributed by atoms with van der Waals surface area (Å²) in [6, 6.07) is 2.00. The van der Waals surface area contributed by atoms with Gasteiger partial charge in [0.15, 0.2) is 0 Å². The van der Waals surface area contributed by atoms with Crippen molar-refractivity contribution >= 4 is 12.0 Å². The molecule has 2 atom stereocenters.